The minimum absolute atomic E-state index is 0.137. The van der Waals surface area contributed by atoms with Crippen LogP contribution in [0.1, 0.15) is 37.5 Å². The lowest BCUT2D eigenvalue weighted by Crippen LogP contribution is -2.28. The number of anilines is 1. The average Bonchev–Trinajstić information content (AvgIpc) is 2.73. The number of nitrogens with one attached hydrogen (secondary N) is 1. The molecule has 1 heterocycles. The molecule has 3 rings (SSSR count). The Kier molecular flexibility index (Phi) is 6.42. The van der Waals surface area contributed by atoms with Gasteiger partial charge in [0.1, 0.15) is 11.6 Å². The molecule has 1 atom stereocenters. The molecule has 156 valence electrons. The number of rotatable bonds is 8. The summed E-state index contributed by atoms with van der Waals surface area (Å²) in [7, 11) is 0. The summed E-state index contributed by atoms with van der Waals surface area (Å²) >= 11 is 0. The van der Waals surface area contributed by atoms with Gasteiger partial charge < -0.3 is 16.2 Å². The SMILES string of the molecule is CC(C)(CNc1ccc(-c2cccc(C(O)CC(N)=O)c2)nn1)c1ccc(F)cc1. The molecular formula is C23H25FN4O2. The zero-order chi connectivity index (χ0) is 21.7. The van der Waals surface area contributed by atoms with Crippen LogP contribution in [0, 0.1) is 5.82 Å². The molecule has 0 aliphatic carbocycles. The van der Waals surface area contributed by atoms with Gasteiger partial charge in [0.25, 0.3) is 0 Å². The molecule has 6 nitrogen and oxygen atoms in total. The molecule has 0 bridgehead atoms. The lowest BCUT2D eigenvalue weighted by molar-refractivity contribution is -0.119. The Bertz CT molecular complexity index is 1000. The van der Waals surface area contributed by atoms with Crippen LogP contribution in [0.3, 0.4) is 0 Å². The third-order valence-electron chi connectivity index (χ3n) is 4.96. The van der Waals surface area contributed by atoms with Gasteiger partial charge in [-0.25, -0.2) is 4.39 Å². The third-order valence-corrected chi connectivity index (χ3v) is 4.96. The van der Waals surface area contributed by atoms with Crippen molar-refractivity contribution in [3.05, 3.63) is 77.6 Å². The zero-order valence-corrected chi connectivity index (χ0v) is 17.0. The lowest BCUT2D eigenvalue weighted by atomic mass is 9.84. The standard InChI is InChI=1S/C23H25FN4O2/c1-23(2,17-6-8-18(24)9-7-17)14-26-22-11-10-19(27-28-22)15-4-3-5-16(12-15)20(29)13-21(25)30/h3-12,20,29H,13-14H2,1-2H3,(H2,25,30)(H,26,28). The molecule has 0 radical (unpaired) electrons. The number of amides is 1. The van der Waals surface area contributed by atoms with Crippen LogP contribution < -0.4 is 11.1 Å². The summed E-state index contributed by atoms with van der Waals surface area (Å²) in [5, 5.41) is 21.9. The van der Waals surface area contributed by atoms with E-state index in [4.69, 9.17) is 5.73 Å². The van der Waals surface area contributed by atoms with Gasteiger partial charge in [-0.05, 0) is 41.5 Å². The maximum absolute atomic E-state index is 13.2. The van der Waals surface area contributed by atoms with E-state index in [9.17, 15) is 14.3 Å². The highest BCUT2D eigenvalue weighted by Crippen LogP contribution is 2.25. The van der Waals surface area contributed by atoms with Crippen molar-refractivity contribution >= 4 is 11.7 Å². The smallest absolute Gasteiger partial charge is 0.220 e. The predicted molar refractivity (Wildman–Crippen MR) is 114 cm³/mol. The van der Waals surface area contributed by atoms with Gasteiger partial charge in [-0.15, -0.1) is 10.2 Å². The van der Waals surface area contributed by atoms with E-state index >= 15 is 0 Å². The highest BCUT2D eigenvalue weighted by atomic mass is 19.1. The van der Waals surface area contributed by atoms with Crippen LogP contribution in [-0.2, 0) is 10.2 Å². The Morgan fingerprint density at radius 1 is 1.13 bits per heavy atom. The molecule has 7 heteroatoms. The number of hydrogen-bond donors (Lipinski definition) is 3. The van der Waals surface area contributed by atoms with E-state index in [1.54, 1.807) is 30.3 Å². The summed E-state index contributed by atoms with van der Waals surface area (Å²) in [6.45, 7) is 4.73. The number of carbonyl (C=O) groups is 1. The van der Waals surface area contributed by atoms with Crippen molar-refractivity contribution in [2.75, 3.05) is 11.9 Å². The van der Waals surface area contributed by atoms with Gasteiger partial charge >= 0.3 is 0 Å². The van der Waals surface area contributed by atoms with Crippen LogP contribution in [0.25, 0.3) is 11.3 Å². The molecule has 1 amide bonds. The molecule has 4 N–H and O–H groups in total. The van der Waals surface area contributed by atoms with Crippen LogP contribution in [-0.4, -0.2) is 27.8 Å². The van der Waals surface area contributed by atoms with Gasteiger partial charge in [-0.1, -0.05) is 44.2 Å². The first-order valence-electron chi connectivity index (χ1n) is 9.65. The predicted octanol–water partition coefficient (Wildman–Crippen LogP) is 3.58. The summed E-state index contributed by atoms with van der Waals surface area (Å²) in [6.07, 6.45) is -1.09. The van der Waals surface area contributed by atoms with Gasteiger partial charge in [0.15, 0.2) is 0 Å². The van der Waals surface area contributed by atoms with Gasteiger partial charge in [0, 0.05) is 17.5 Å². The molecule has 0 fully saturated rings. The fourth-order valence-electron chi connectivity index (χ4n) is 3.11. The lowest BCUT2D eigenvalue weighted by Gasteiger charge is -2.25. The van der Waals surface area contributed by atoms with Crippen molar-refractivity contribution in [2.45, 2.75) is 31.8 Å². The van der Waals surface area contributed by atoms with Gasteiger partial charge in [-0.3, -0.25) is 4.79 Å². The molecule has 2 aromatic carbocycles. The van der Waals surface area contributed by atoms with Crippen molar-refractivity contribution < 1.29 is 14.3 Å². The molecule has 0 saturated carbocycles. The molecular weight excluding hydrogens is 383 g/mol. The quantitative estimate of drug-likeness (QED) is 0.529. The summed E-state index contributed by atoms with van der Waals surface area (Å²) < 4.78 is 13.2. The van der Waals surface area contributed by atoms with E-state index < -0.39 is 12.0 Å². The van der Waals surface area contributed by atoms with E-state index in [-0.39, 0.29) is 17.7 Å². The molecule has 0 aliphatic heterocycles. The maximum Gasteiger partial charge on any atom is 0.220 e. The van der Waals surface area contributed by atoms with E-state index in [0.717, 1.165) is 11.1 Å². The number of primary amides is 1. The van der Waals surface area contributed by atoms with Crippen molar-refractivity contribution in [2.24, 2.45) is 5.73 Å². The number of hydrogen-bond acceptors (Lipinski definition) is 5. The summed E-state index contributed by atoms with van der Waals surface area (Å²) in [6, 6.07) is 17.3. The monoisotopic (exact) mass is 408 g/mol. The van der Waals surface area contributed by atoms with E-state index in [0.29, 0.717) is 23.6 Å². The van der Waals surface area contributed by atoms with Crippen molar-refractivity contribution in [1.82, 2.24) is 10.2 Å². The summed E-state index contributed by atoms with van der Waals surface area (Å²) in [5.74, 6) is -0.194. The number of benzene rings is 2. The number of nitrogens with two attached hydrogens (primary N) is 1. The molecule has 1 unspecified atom stereocenters. The first kappa shape index (κ1) is 21.4. The zero-order valence-electron chi connectivity index (χ0n) is 17.0. The van der Waals surface area contributed by atoms with Gasteiger partial charge in [-0.2, -0.15) is 0 Å². The average molecular weight is 408 g/mol. The highest BCUT2D eigenvalue weighted by molar-refractivity contribution is 5.74. The number of carbonyl (C=O) groups excluding carboxylic acids is 1. The molecule has 1 aromatic heterocycles. The van der Waals surface area contributed by atoms with Gasteiger partial charge in [0.2, 0.25) is 5.91 Å². The first-order chi connectivity index (χ1) is 14.2. The summed E-state index contributed by atoms with van der Waals surface area (Å²) in [5.41, 5.74) is 7.97. The number of halogens is 1. The first-order valence-corrected chi connectivity index (χ1v) is 9.65. The topological polar surface area (TPSA) is 101 Å². The minimum atomic E-state index is -0.954. The Morgan fingerprint density at radius 2 is 1.87 bits per heavy atom. The largest absolute Gasteiger partial charge is 0.388 e. The molecule has 3 aromatic rings. The number of aliphatic hydroxyl groups excluding tert-OH is 1. The van der Waals surface area contributed by atoms with Crippen molar-refractivity contribution in [1.29, 1.82) is 0 Å². The second kappa shape index (κ2) is 9.00. The van der Waals surface area contributed by atoms with Crippen LogP contribution in [0.4, 0.5) is 10.2 Å². The molecule has 0 spiro atoms. The van der Waals surface area contributed by atoms with E-state index in [1.807, 2.05) is 18.2 Å². The minimum Gasteiger partial charge on any atom is -0.388 e. The molecule has 30 heavy (non-hydrogen) atoms. The second-order valence-corrected chi connectivity index (χ2v) is 7.86. The molecule has 0 saturated heterocycles. The Hall–Kier alpha value is -3.32. The van der Waals surface area contributed by atoms with Gasteiger partial charge in [0.05, 0.1) is 18.2 Å². The van der Waals surface area contributed by atoms with E-state index in [1.165, 1.54) is 12.1 Å². The second-order valence-electron chi connectivity index (χ2n) is 7.86. The van der Waals surface area contributed by atoms with E-state index in [2.05, 4.69) is 29.4 Å². The third kappa shape index (κ3) is 5.39. The fourth-order valence-corrected chi connectivity index (χ4v) is 3.11. The van der Waals surface area contributed by atoms with Crippen molar-refractivity contribution in [3.8, 4) is 11.3 Å². The number of aromatic nitrogens is 2. The van der Waals surface area contributed by atoms with Crippen LogP contribution in [0.2, 0.25) is 0 Å². The number of aliphatic hydroxyl groups is 1. The van der Waals surface area contributed by atoms with Crippen LogP contribution in [0.15, 0.2) is 60.7 Å². The Labute approximate surface area is 175 Å². The Balaban J connectivity index is 1.68. The van der Waals surface area contributed by atoms with Crippen LogP contribution >= 0.6 is 0 Å². The molecule has 0 aliphatic rings. The maximum atomic E-state index is 13.2. The van der Waals surface area contributed by atoms with Crippen molar-refractivity contribution in [3.63, 3.8) is 0 Å². The normalized spacial score (nSPS) is 12.4. The fraction of sp³-hybridized carbons (Fsp3) is 0.261. The summed E-state index contributed by atoms with van der Waals surface area (Å²) in [4.78, 5) is 11.0. The number of nitrogens with zero attached hydrogens (tertiary/aromatic N) is 2. The van der Waals surface area contributed by atoms with Crippen LogP contribution in [0.5, 0.6) is 0 Å². The highest BCUT2D eigenvalue weighted by Gasteiger charge is 2.20. The Morgan fingerprint density at radius 3 is 2.50 bits per heavy atom.